The Morgan fingerprint density at radius 2 is 1.69 bits per heavy atom. The predicted molar refractivity (Wildman–Crippen MR) is 109 cm³/mol. The molecule has 0 bridgehead atoms. The summed E-state index contributed by atoms with van der Waals surface area (Å²) in [6.45, 7) is 2.36. The third-order valence-corrected chi connectivity index (χ3v) is 4.91. The molecule has 1 saturated heterocycles. The van der Waals surface area contributed by atoms with E-state index in [1.54, 1.807) is 0 Å². The molecule has 29 heavy (non-hydrogen) atoms. The molecule has 0 aromatic heterocycles. The van der Waals surface area contributed by atoms with E-state index in [1.807, 2.05) is 24.3 Å². The maximum atomic E-state index is 13.6. The minimum absolute atomic E-state index is 0.155. The molecule has 0 aliphatic carbocycles. The van der Waals surface area contributed by atoms with Crippen LogP contribution in [0, 0.1) is 11.6 Å². The van der Waals surface area contributed by atoms with Gasteiger partial charge in [0.1, 0.15) is 11.6 Å². The van der Waals surface area contributed by atoms with E-state index in [2.05, 4.69) is 15.5 Å². The number of halogens is 2. The van der Waals surface area contributed by atoms with Gasteiger partial charge < -0.3 is 15.5 Å². The second-order valence-corrected chi connectivity index (χ2v) is 7.13. The number of piperidine rings is 1. The van der Waals surface area contributed by atoms with Gasteiger partial charge >= 0.3 is 0 Å². The fraction of sp³-hybridized carbons (Fsp3) is 0.364. The third kappa shape index (κ3) is 6.01. The zero-order valence-electron chi connectivity index (χ0n) is 16.2. The first-order chi connectivity index (χ1) is 14.0. The van der Waals surface area contributed by atoms with Crippen LogP contribution in [0.15, 0.2) is 42.5 Å². The first-order valence-corrected chi connectivity index (χ1v) is 9.91. The Morgan fingerprint density at radius 3 is 2.38 bits per heavy atom. The van der Waals surface area contributed by atoms with Gasteiger partial charge in [-0.3, -0.25) is 9.59 Å². The summed E-state index contributed by atoms with van der Waals surface area (Å²) in [5.41, 5.74) is 1.68. The van der Waals surface area contributed by atoms with E-state index in [-0.39, 0.29) is 24.4 Å². The number of anilines is 2. The molecule has 3 rings (SSSR count). The number of hydrogen-bond acceptors (Lipinski definition) is 3. The normalized spacial score (nSPS) is 13.8. The minimum atomic E-state index is -0.909. The van der Waals surface area contributed by atoms with Crippen LogP contribution in [0.5, 0.6) is 0 Å². The van der Waals surface area contributed by atoms with Crippen molar-refractivity contribution >= 4 is 23.2 Å². The van der Waals surface area contributed by atoms with Crippen molar-refractivity contribution in [1.29, 1.82) is 0 Å². The quantitative estimate of drug-likeness (QED) is 0.687. The molecule has 0 spiro atoms. The Labute approximate surface area is 169 Å². The van der Waals surface area contributed by atoms with Crippen molar-refractivity contribution in [3.8, 4) is 0 Å². The molecule has 1 aliphatic heterocycles. The van der Waals surface area contributed by atoms with E-state index in [0.717, 1.165) is 30.9 Å². The van der Waals surface area contributed by atoms with Crippen molar-refractivity contribution < 1.29 is 18.4 Å². The Kier molecular flexibility index (Phi) is 7.16. The number of hydrogen-bond donors (Lipinski definition) is 2. The number of nitrogens with one attached hydrogen (secondary N) is 2. The van der Waals surface area contributed by atoms with Gasteiger partial charge in [-0.05, 0) is 62.1 Å². The van der Waals surface area contributed by atoms with Crippen molar-refractivity contribution in [2.24, 2.45) is 0 Å². The largest absolute Gasteiger partial charge is 0.372 e. The zero-order chi connectivity index (χ0) is 20.6. The molecule has 0 radical (unpaired) electrons. The lowest BCUT2D eigenvalue weighted by Gasteiger charge is -2.28. The van der Waals surface area contributed by atoms with E-state index < -0.39 is 17.5 Å². The van der Waals surface area contributed by atoms with Crippen LogP contribution in [0.1, 0.15) is 42.5 Å². The number of amides is 2. The van der Waals surface area contributed by atoms with Crippen LogP contribution in [0.2, 0.25) is 0 Å². The summed E-state index contributed by atoms with van der Waals surface area (Å²) in [6, 6.07) is 10.6. The number of nitrogens with zero attached hydrogens (tertiary/aromatic N) is 1. The average molecular weight is 401 g/mol. The molecule has 1 fully saturated rings. The summed E-state index contributed by atoms with van der Waals surface area (Å²) >= 11 is 0. The Morgan fingerprint density at radius 1 is 0.966 bits per heavy atom. The predicted octanol–water partition coefficient (Wildman–Crippen LogP) is 4.10. The molecule has 2 N–H and O–H groups in total. The van der Waals surface area contributed by atoms with Gasteiger partial charge in [0.25, 0.3) is 5.91 Å². The highest BCUT2D eigenvalue weighted by atomic mass is 19.1. The highest BCUT2D eigenvalue weighted by Crippen LogP contribution is 2.21. The van der Waals surface area contributed by atoms with Gasteiger partial charge in [-0.2, -0.15) is 0 Å². The molecule has 5 nitrogen and oxygen atoms in total. The van der Waals surface area contributed by atoms with Crippen LogP contribution in [0.25, 0.3) is 0 Å². The van der Waals surface area contributed by atoms with Crippen LogP contribution in [0.4, 0.5) is 20.2 Å². The Hall–Kier alpha value is -2.96. The van der Waals surface area contributed by atoms with E-state index in [4.69, 9.17) is 0 Å². The van der Waals surface area contributed by atoms with Crippen molar-refractivity contribution in [3.63, 3.8) is 0 Å². The highest BCUT2D eigenvalue weighted by Gasteiger charge is 2.13. The number of rotatable bonds is 7. The Balaban J connectivity index is 1.39. The second kappa shape index (κ2) is 10.0. The van der Waals surface area contributed by atoms with Gasteiger partial charge in [-0.1, -0.05) is 0 Å². The second-order valence-electron chi connectivity index (χ2n) is 7.13. The minimum Gasteiger partial charge on any atom is -0.372 e. The van der Waals surface area contributed by atoms with Crippen LogP contribution in [-0.4, -0.2) is 31.4 Å². The van der Waals surface area contributed by atoms with E-state index in [9.17, 15) is 18.4 Å². The standard InChI is InChI=1S/C22H25F2N3O2/c23-16-6-11-19(20(24)15-16)22(29)25-12-4-5-21(28)26-17-7-9-18(10-8-17)27-13-2-1-3-14-27/h6-11,15H,1-5,12-14H2,(H,25,29)(H,26,28). The van der Waals surface area contributed by atoms with Crippen LogP contribution in [0.3, 0.4) is 0 Å². The molecule has 1 aliphatic rings. The molecule has 2 amide bonds. The van der Waals surface area contributed by atoms with Gasteiger partial charge in [0.05, 0.1) is 5.56 Å². The van der Waals surface area contributed by atoms with Crippen molar-refractivity contribution in [3.05, 3.63) is 59.7 Å². The summed E-state index contributed by atoms with van der Waals surface area (Å²) in [4.78, 5) is 26.3. The molecule has 154 valence electrons. The fourth-order valence-corrected chi connectivity index (χ4v) is 3.35. The lowest BCUT2D eigenvalue weighted by molar-refractivity contribution is -0.116. The molecule has 0 saturated carbocycles. The van der Waals surface area contributed by atoms with Crippen molar-refractivity contribution in [2.75, 3.05) is 29.9 Å². The molecule has 7 heteroatoms. The SMILES string of the molecule is O=C(CCCNC(=O)c1ccc(F)cc1F)Nc1ccc(N2CCCCC2)cc1. The smallest absolute Gasteiger partial charge is 0.254 e. The first-order valence-electron chi connectivity index (χ1n) is 9.91. The van der Waals surface area contributed by atoms with Crippen molar-refractivity contribution in [1.82, 2.24) is 5.32 Å². The van der Waals surface area contributed by atoms with Gasteiger partial charge in [0.15, 0.2) is 0 Å². The first kappa shape index (κ1) is 20.8. The highest BCUT2D eigenvalue weighted by molar-refractivity contribution is 5.94. The molecule has 2 aromatic carbocycles. The van der Waals surface area contributed by atoms with Crippen LogP contribution >= 0.6 is 0 Å². The molecular weight excluding hydrogens is 376 g/mol. The monoisotopic (exact) mass is 401 g/mol. The number of carbonyl (C=O) groups excluding carboxylic acids is 2. The summed E-state index contributed by atoms with van der Waals surface area (Å²) in [5, 5.41) is 5.37. The van der Waals surface area contributed by atoms with E-state index in [0.29, 0.717) is 12.5 Å². The summed E-state index contributed by atoms with van der Waals surface area (Å²) < 4.78 is 26.4. The number of benzene rings is 2. The number of carbonyl (C=O) groups is 2. The summed E-state index contributed by atoms with van der Waals surface area (Å²) in [7, 11) is 0. The van der Waals surface area contributed by atoms with Gasteiger partial charge in [0, 0.05) is 43.5 Å². The maximum absolute atomic E-state index is 13.6. The Bertz CT molecular complexity index is 850. The lowest BCUT2D eigenvalue weighted by Crippen LogP contribution is -2.29. The van der Waals surface area contributed by atoms with Crippen LogP contribution in [-0.2, 0) is 4.79 Å². The molecule has 1 heterocycles. The zero-order valence-corrected chi connectivity index (χ0v) is 16.2. The van der Waals surface area contributed by atoms with Gasteiger partial charge in [0.2, 0.25) is 5.91 Å². The maximum Gasteiger partial charge on any atom is 0.254 e. The van der Waals surface area contributed by atoms with Gasteiger partial charge in [-0.25, -0.2) is 8.78 Å². The topological polar surface area (TPSA) is 61.4 Å². The van der Waals surface area contributed by atoms with E-state index >= 15 is 0 Å². The fourth-order valence-electron chi connectivity index (χ4n) is 3.35. The lowest BCUT2D eigenvalue weighted by atomic mass is 10.1. The molecule has 0 atom stereocenters. The molecule has 2 aromatic rings. The summed E-state index contributed by atoms with van der Waals surface area (Å²) in [5.74, 6) is -2.43. The van der Waals surface area contributed by atoms with E-state index in [1.165, 1.54) is 24.9 Å². The third-order valence-electron chi connectivity index (χ3n) is 4.91. The van der Waals surface area contributed by atoms with Crippen molar-refractivity contribution in [2.45, 2.75) is 32.1 Å². The van der Waals surface area contributed by atoms with Gasteiger partial charge in [-0.15, -0.1) is 0 Å². The average Bonchev–Trinajstić information content (AvgIpc) is 2.72. The molecular formula is C22H25F2N3O2. The summed E-state index contributed by atoms with van der Waals surface area (Å²) in [6.07, 6.45) is 4.34. The van der Waals surface area contributed by atoms with Crippen LogP contribution < -0.4 is 15.5 Å². The molecule has 0 unspecified atom stereocenters.